The molecular formula is C18H21N7. The lowest BCUT2D eigenvalue weighted by atomic mass is 9.95. The molecule has 0 atom stereocenters. The van der Waals surface area contributed by atoms with Gasteiger partial charge in [-0.25, -0.2) is 9.50 Å². The molecule has 1 saturated heterocycles. The van der Waals surface area contributed by atoms with Crippen LogP contribution in [-0.4, -0.2) is 44.4 Å². The van der Waals surface area contributed by atoms with Crippen molar-refractivity contribution in [2.45, 2.75) is 25.7 Å². The summed E-state index contributed by atoms with van der Waals surface area (Å²) in [6.45, 7) is 2.96. The second-order valence-electron chi connectivity index (χ2n) is 6.98. The lowest BCUT2D eigenvalue weighted by molar-refractivity contribution is 0.424. The van der Waals surface area contributed by atoms with E-state index in [9.17, 15) is 0 Å². The van der Waals surface area contributed by atoms with Crippen molar-refractivity contribution in [3.05, 3.63) is 41.9 Å². The third-order valence-electron chi connectivity index (χ3n) is 5.17. The van der Waals surface area contributed by atoms with Gasteiger partial charge in [-0.2, -0.15) is 5.10 Å². The van der Waals surface area contributed by atoms with Crippen LogP contribution in [0.5, 0.6) is 0 Å². The van der Waals surface area contributed by atoms with E-state index in [1.807, 2.05) is 18.3 Å². The number of aryl methyl sites for hydroxylation is 2. The molecule has 0 spiro atoms. The van der Waals surface area contributed by atoms with Gasteiger partial charge in [0.2, 0.25) is 0 Å². The Labute approximate surface area is 146 Å². The highest BCUT2D eigenvalue weighted by molar-refractivity contribution is 5.46. The second-order valence-corrected chi connectivity index (χ2v) is 6.98. The molecule has 0 saturated carbocycles. The summed E-state index contributed by atoms with van der Waals surface area (Å²) in [7, 11) is 0. The van der Waals surface area contributed by atoms with E-state index in [4.69, 9.17) is 0 Å². The van der Waals surface area contributed by atoms with Gasteiger partial charge in [0, 0.05) is 37.9 Å². The standard InChI is InChI=1S/C18H21N7/c1-2-4-15-14(3-1)9-18(22-21-15)24-11-13(12-24)10-20-16-5-6-17-19-7-8-25(17)23-16/h5-9,13H,1-4,10-12H2,(H,20,23). The SMILES string of the molecule is c1cn2nc(NCC3CN(c4cc5c(nn4)CCCC5)C3)ccc2n1. The number of anilines is 2. The highest BCUT2D eigenvalue weighted by Gasteiger charge is 2.28. The molecule has 1 aliphatic heterocycles. The smallest absolute Gasteiger partial charge is 0.153 e. The molecule has 5 rings (SSSR count). The maximum absolute atomic E-state index is 4.50. The highest BCUT2D eigenvalue weighted by Crippen LogP contribution is 2.26. The predicted molar refractivity (Wildman–Crippen MR) is 95.9 cm³/mol. The molecule has 2 aliphatic rings. The fraction of sp³-hybridized carbons (Fsp3) is 0.444. The zero-order valence-electron chi connectivity index (χ0n) is 14.1. The first kappa shape index (κ1) is 14.6. The zero-order valence-corrected chi connectivity index (χ0v) is 14.1. The maximum atomic E-state index is 4.50. The number of hydrogen-bond donors (Lipinski definition) is 1. The molecule has 0 radical (unpaired) electrons. The quantitative estimate of drug-likeness (QED) is 0.786. The minimum absolute atomic E-state index is 0.609. The summed E-state index contributed by atoms with van der Waals surface area (Å²) in [5.74, 6) is 2.53. The van der Waals surface area contributed by atoms with Crippen LogP contribution >= 0.6 is 0 Å². The van der Waals surface area contributed by atoms with Crippen LogP contribution in [0.3, 0.4) is 0 Å². The van der Waals surface area contributed by atoms with Crippen molar-refractivity contribution < 1.29 is 0 Å². The van der Waals surface area contributed by atoms with Gasteiger partial charge in [-0.3, -0.25) is 0 Å². The number of nitrogens with one attached hydrogen (secondary N) is 1. The highest BCUT2D eigenvalue weighted by atomic mass is 15.3. The van der Waals surface area contributed by atoms with E-state index in [1.165, 1.54) is 24.1 Å². The van der Waals surface area contributed by atoms with E-state index in [0.29, 0.717) is 5.92 Å². The average Bonchev–Trinajstić information content (AvgIpc) is 3.08. The van der Waals surface area contributed by atoms with Crippen LogP contribution in [0.4, 0.5) is 11.6 Å². The van der Waals surface area contributed by atoms with Crippen LogP contribution in [0.2, 0.25) is 0 Å². The van der Waals surface area contributed by atoms with E-state index in [1.54, 1.807) is 10.7 Å². The number of aromatic nitrogens is 5. The average molecular weight is 335 g/mol. The van der Waals surface area contributed by atoms with Crippen molar-refractivity contribution in [1.82, 2.24) is 24.8 Å². The van der Waals surface area contributed by atoms with Crippen LogP contribution in [0.1, 0.15) is 24.1 Å². The van der Waals surface area contributed by atoms with Crippen LogP contribution in [-0.2, 0) is 12.8 Å². The zero-order chi connectivity index (χ0) is 16.6. The molecule has 0 amide bonds. The van der Waals surface area contributed by atoms with Gasteiger partial charge in [-0.15, -0.1) is 10.2 Å². The first-order valence-electron chi connectivity index (χ1n) is 9.00. The maximum Gasteiger partial charge on any atom is 0.153 e. The summed E-state index contributed by atoms with van der Waals surface area (Å²) in [4.78, 5) is 6.53. The van der Waals surface area contributed by atoms with Gasteiger partial charge in [-0.1, -0.05) is 0 Å². The fourth-order valence-electron chi connectivity index (χ4n) is 3.68. The Hall–Kier alpha value is -2.70. The molecule has 0 bridgehead atoms. The third-order valence-corrected chi connectivity index (χ3v) is 5.17. The van der Waals surface area contributed by atoms with Gasteiger partial charge < -0.3 is 10.2 Å². The molecule has 0 unspecified atom stereocenters. The van der Waals surface area contributed by atoms with Gasteiger partial charge in [0.1, 0.15) is 5.82 Å². The molecular weight excluding hydrogens is 314 g/mol. The lowest BCUT2D eigenvalue weighted by Crippen LogP contribution is -2.50. The monoisotopic (exact) mass is 335 g/mol. The van der Waals surface area contributed by atoms with Crippen LogP contribution < -0.4 is 10.2 Å². The van der Waals surface area contributed by atoms with E-state index in [2.05, 4.69) is 36.6 Å². The fourth-order valence-corrected chi connectivity index (χ4v) is 3.68. The number of hydrogen-bond acceptors (Lipinski definition) is 6. The summed E-state index contributed by atoms with van der Waals surface area (Å²) in [6, 6.07) is 6.21. The Bertz CT molecular complexity index is 897. The summed E-state index contributed by atoms with van der Waals surface area (Å²) >= 11 is 0. The van der Waals surface area contributed by atoms with Crippen molar-refractivity contribution >= 4 is 17.3 Å². The minimum atomic E-state index is 0.609. The summed E-state index contributed by atoms with van der Waals surface area (Å²) in [5.41, 5.74) is 3.47. The topological polar surface area (TPSA) is 71.2 Å². The van der Waals surface area contributed by atoms with Gasteiger partial charge in [0.15, 0.2) is 11.5 Å². The van der Waals surface area contributed by atoms with Crippen molar-refractivity contribution in [2.24, 2.45) is 5.92 Å². The minimum Gasteiger partial charge on any atom is -0.368 e. The summed E-state index contributed by atoms with van der Waals surface area (Å²) in [5, 5.41) is 16.8. The molecule has 128 valence electrons. The van der Waals surface area contributed by atoms with Crippen molar-refractivity contribution in [1.29, 1.82) is 0 Å². The molecule has 0 aromatic carbocycles. The van der Waals surface area contributed by atoms with Gasteiger partial charge in [-0.05, 0) is 49.4 Å². The van der Waals surface area contributed by atoms with Gasteiger partial charge >= 0.3 is 0 Å². The van der Waals surface area contributed by atoms with Crippen molar-refractivity contribution in [2.75, 3.05) is 29.9 Å². The Morgan fingerprint density at radius 2 is 2.04 bits per heavy atom. The van der Waals surface area contributed by atoms with E-state index in [-0.39, 0.29) is 0 Å². The van der Waals surface area contributed by atoms with E-state index < -0.39 is 0 Å². The molecule has 1 fully saturated rings. The molecule has 1 aliphatic carbocycles. The normalized spacial score (nSPS) is 17.4. The van der Waals surface area contributed by atoms with Crippen molar-refractivity contribution in [3.8, 4) is 0 Å². The molecule has 4 heterocycles. The van der Waals surface area contributed by atoms with Gasteiger partial charge in [0.05, 0.1) is 5.69 Å². The largest absolute Gasteiger partial charge is 0.368 e. The molecule has 3 aromatic rings. The van der Waals surface area contributed by atoms with Crippen LogP contribution in [0.15, 0.2) is 30.6 Å². The predicted octanol–water partition coefficient (Wildman–Crippen LogP) is 1.95. The number of fused-ring (bicyclic) bond motifs is 2. The van der Waals surface area contributed by atoms with Crippen molar-refractivity contribution in [3.63, 3.8) is 0 Å². The Kier molecular flexibility index (Phi) is 3.50. The first-order chi connectivity index (χ1) is 12.3. The molecule has 7 heteroatoms. The van der Waals surface area contributed by atoms with Gasteiger partial charge in [0.25, 0.3) is 0 Å². The Balaban J connectivity index is 1.18. The first-order valence-corrected chi connectivity index (χ1v) is 9.00. The number of imidazole rings is 1. The van der Waals surface area contributed by atoms with E-state index in [0.717, 1.165) is 49.8 Å². The van der Waals surface area contributed by atoms with Crippen LogP contribution in [0.25, 0.3) is 5.65 Å². The Morgan fingerprint density at radius 1 is 1.12 bits per heavy atom. The van der Waals surface area contributed by atoms with E-state index >= 15 is 0 Å². The third kappa shape index (κ3) is 2.79. The molecule has 7 nitrogen and oxygen atoms in total. The number of rotatable bonds is 4. The lowest BCUT2D eigenvalue weighted by Gasteiger charge is -2.40. The van der Waals surface area contributed by atoms with Crippen LogP contribution in [0, 0.1) is 5.92 Å². The summed E-state index contributed by atoms with van der Waals surface area (Å²) < 4.78 is 1.79. The summed E-state index contributed by atoms with van der Waals surface area (Å²) in [6.07, 6.45) is 8.38. The second kappa shape index (κ2) is 5.98. The molecule has 25 heavy (non-hydrogen) atoms. The molecule has 1 N–H and O–H groups in total. The Morgan fingerprint density at radius 3 is 3.00 bits per heavy atom. The molecule has 3 aromatic heterocycles. The number of nitrogens with zero attached hydrogens (tertiary/aromatic N) is 6.